The van der Waals surface area contributed by atoms with Gasteiger partial charge in [0.15, 0.2) is 0 Å². The van der Waals surface area contributed by atoms with E-state index in [4.69, 9.17) is 11.5 Å². The Labute approximate surface area is 160 Å². The van der Waals surface area contributed by atoms with Crippen LogP contribution in [0.3, 0.4) is 0 Å². The number of halogens is 1. The van der Waals surface area contributed by atoms with Crippen molar-refractivity contribution in [3.8, 4) is 11.1 Å². The van der Waals surface area contributed by atoms with Gasteiger partial charge in [0.2, 0.25) is 11.8 Å². The van der Waals surface area contributed by atoms with Gasteiger partial charge < -0.3 is 16.4 Å². The highest BCUT2D eigenvalue weighted by atomic mass is 35.5. The van der Waals surface area contributed by atoms with Crippen molar-refractivity contribution in [1.29, 1.82) is 0 Å². The van der Waals surface area contributed by atoms with Gasteiger partial charge in [0.05, 0.1) is 6.04 Å². The summed E-state index contributed by atoms with van der Waals surface area (Å²) in [5, 5.41) is 0. The molecule has 0 aliphatic rings. The van der Waals surface area contributed by atoms with E-state index in [-0.39, 0.29) is 24.2 Å². The summed E-state index contributed by atoms with van der Waals surface area (Å²) in [6, 6.07) is 15.6. The van der Waals surface area contributed by atoms with Crippen molar-refractivity contribution in [3.63, 3.8) is 0 Å². The highest BCUT2D eigenvalue weighted by Gasteiger charge is 2.15. The molecule has 2 rings (SSSR count). The van der Waals surface area contributed by atoms with Crippen LogP contribution < -0.4 is 11.5 Å². The van der Waals surface area contributed by atoms with Gasteiger partial charge in [-0.2, -0.15) is 0 Å². The van der Waals surface area contributed by atoms with E-state index in [0.29, 0.717) is 19.3 Å². The standard InChI is InChI=1S/C20H25N3O2.ClH/c1-23(2)20(25)18(21)13-15-5-10-17(11-6-15)16-8-3-14(4-9-16)7-12-19(22)24;/h3-6,8-11,18H,7,12-13,21H2,1-2H3,(H2,22,24);1H/t18-;/m0./s1. The van der Waals surface area contributed by atoms with Crippen LogP contribution in [-0.2, 0) is 22.4 Å². The Hall–Kier alpha value is -2.37. The van der Waals surface area contributed by atoms with E-state index in [1.54, 1.807) is 14.1 Å². The Morgan fingerprint density at radius 2 is 1.38 bits per heavy atom. The SMILES string of the molecule is CN(C)C(=O)[C@@H](N)Cc1ccc(-c2ccc(CCC(N)=O)cc2)cc1.Cl. The van der Waals surface area contributed by atoms with Gasteiger partial charge in [-0.25, -0.2) is 0 Å². The molecular formula is C20H26ClN3O2. The number of likely N-dealkylation sites (N-methyl/N-ethyl adjacent to an activating group) is 1. The number of hydrogen-bond donors (Lipinski definition) is 2. The summed E-state index contributed by atoms with van der Waals surface area (Å²) in [7, 11) is 3.41. The molecule has 2 aromatic rings. The topological polar surface area (TPSA) is 89.4 Å². The molecule has 2 aromatic carbocycles. The number of carbonyl (C=O) groups excluding carboxylic acids is 2. The molecule has 6 heteroatoms. The van der Waals surface area contributed by atoms with Crippen LogP contribution in [0.4, 0.5) is 0 Å². The summed E-state index contributed by atoms with van der Waals surface area (Å²) in [6.45, 7) is 0. The van der Waals surface area contributed by atoms with Gasteiger partial charge in [0, 0.05) is 20.5 Å². The minimum absolute atomic E-state index is 0. The van der Waals surface area contributed by atoms with Crippen LogP contribution >= 0.6 is 12.4 Å². The Bertz CT molecular complexity index is 728. The van der Waals surface area contributed by atoms with Gasteiger partial charge in [0.1, 0.15) is 0 Å². The monoisotopic (exact) mass is 375 g/mol. The first-order chi connectivity index (χ1) is 11.9. The fraction of sp³-hybridized carbons (Fsp3) is 0.300. The molecule has 0 bridgehead atoms. The second-order valence-corrected chi connectivity index (χ2v) is 6.40. The average molecular weight is 376 g/mol. The lowest BCUT2D eigenvalue weighted by Crippen LogP contribution is -2.41. The first kappa shape index (κ1) is 21.7. The molecule has 1 atom stereocenters. The molecule has 0 saturated carbocycles. The van der Waals surface area contributed by atoms with Crippen LogP contribution in [-0.4, -0.2) is 36.9 Å². The van der Waals surface area contributed by atoms with Gasteiger partial charge in [-0.3, -0.25) is 9.59 Å². The van der Waals surface area contributed by atoms with Crippen molar-refractivity contribution in [2.45, 2.75) is 25.3 Å². The molecule has 5 nitrogen and oxygen atoms in total. The molecule has 140 valence electrons. The van der Waals surface area contributed by atoms with Crippen molar-refractivity contribution < 1.29 is 9.59 Å². The van der Waals surface area contributed by atoms with Crippen molar-refractivity contribution in [1.82, 2.24) is 4.90 Å². The normalized spacial score (nSPS) is 11.3. The number of primary amides is 1. The minimum Gasteiger partial charge on any atom is -0.370 e. The number of carbonyl (C=O) groups is 2. The van der Waals surface area contributed by atoms with Crippen molar-refractivity contribution in [2.24, 2.45) is 11.5 Å². The summed E-state index contributed by atoms with van der Waals surface area (Å²) in [5.41, 5.74) is 15.4. The summed E-state index contributed by atoms with van der Waals surface area (Å²) in [5.74, 6) is -0.360. The number of hydrogen-bond acceptors (Lipinski definition) is 3. The molecule has 26 heavy (non-hydrogen) atoms. The van der Waals surface area contributed by atoms with Crippen LogP contribution in [0.15, 0.2) is 48.5 Å². The number of nitrogens with zero attached hydrogens (tertiary/aromatic N) is 1. The summed E-state index contributed by atoms with van der Waals surface area (Å²) < 4.78 is 0. The molecular weight excluding hydrogens is 350 g/mol. The zero-order valence-corrected chi connectivity index (χ0v) is 16.0. The summed E-state index contributed by atoms with van der Waals surface area (Å²) >= 11 is 0. The highest BCUT2D eigenvalue weighted by Crippen LogP contribution is 2.21. The van der Waals surface area contributed by atoms with Crippen molar-refractivity contribution in [3.05, 3.63) is 59.7 Å². The quantitative estimate of drug-likeness (QED) is 0.777. The van der Waals surface area contributed by atoms with Crippen LogP contribution in [0, 0.1) is 0 Å². The maximum absolute atomic E-state index is 11.8. The largest absolute Gasteiger partial charge is 0.370 e. The number of amides is 2. The molecule has 4 N–H and O–H groups in total. The van der Waals surface area contributed by atoms with E-state index in [9.17, 15) is 9.59 Å². The molecule has 0 aliphatic heterocycles. The number of rotatable bonds is 7. The van der Waals surface area contributed by atoms with E-state index in [0.717, 1.165) is 22.3 Å². The van der Waals surface area contributed by atoms with Crippen LogP contribution in [0.1, 0.15) is 17.5 Å². The van der Waals surface area contributed by atoms with Crippen LogP contribution in [0.2, 0.25) is 0 Å². The van der Waals surface area contributed by atoms with E-state index in [1.165, 1.54) is 4.90 Å². The third kappa shape index (κ3) is 6.17. The van der Waals surface area contributed by atoms with Gasteiger partial charge >= 0.3 is 0 Å². The van der Waals surface area contributed by atoms with Crippen molar-refractivity contribution in [2.75, 3.05) is 14.1 Å². The molecule has 0 unspecified atom stereocenters. The lowest BCUT2D eigenvalue weighted by Gasteiger charge is -2.16. The highest BCUT2D eigenvalue weighted by molar-refractivity contribution is 5.85. The summed E-state index contributed by atoms with van der Waals surface area (Å²) in [6.07, 6.45) is 1.54. The zero-order chi connectivity index (χ0) is 18.4. The molecule has 0 aromatic heterocycles. The van der Waals surface area contributed by atoms with Gasteiger partial charge in [-0.05, 0) is 35.1 Å². The predicted octanol–water partition coefficient (Wildman–Crippen LogP) is 2.15. The number of aryl methyl sites for hydroxylation is 1. The number of benzene rings is 2. The first-order valence-electron chi connectivity index (χ1n) is 8.30. The Morgan fingerprint density at radius 1 is 0.923 bits per heavy atom. The second-order valence-electron chi connectivity index (χ2n) is 6.40. The van der Waals surface area contributed by atoms with E-state index in [2.05, 4.69) is 0 Å². The molecule has 2 amide bonds. The third-order valence-electron chi connectivity index (χ3n) is 4.11. The van der Waals surface area contributed by atoms with Gasteiger partial charge in [0.25, 0.3) is 0 Å². The minimum atomic E-state index is -0.523. The first-order valence-corrected chi connectivity index (χ1v) is 8.30. The maximum atomic E-state index is 11.8. The summed E-state index contributed by atoms with van der Waals surface area (Å²) in [4.78, 5) is 24.2. The van der Waals surface area contributed by atoms with E-state index in [1.807, 2.05) is 48.5 Å². The fourth-order valence-electron chi connectivity index (χ4n) is 2.64. The number of nitrogens with two attached hydrogens (primary N) is 2. The average Bonchev–Trinajstić information content (AvgIpc) is 2.60. The molecule has 0 radical (unpaired) electrons. The smallest absolute Gasteiger partial charge is 0.239 e. The molecule has 0 heterocycles. The molecule has 0 saturated heterocycles. The van der Waals surface area contributed by atoms with E-state index >= 15 is 0 Å². The fourth-order valence-corrected chi connectivity index (χ4v) is 2.64. The molecule has 0 fully saturated rings. The predicted molar refractivity (Wildman–Crippen MR) is 107 cm³/mol. The van der Waals surface area contributed by atoms with Gasteiger partial charge in [-0.15, -0.1) is 12.4 Å². The second kappa shape index (κ2) is 9.94. The third-order valence-corrected chi connectivity index (χ3v) is 4.11. The molecule has 0 spiro atoms. The maximum Gasteiger partial charge on any atom is 0.239 e. The van der Waals surface area contributed by atoms with E-state index < -0.39 is 6.04 Å². The lowest BCUT2D eigenvalue weighted by atomic mass is 9.99. The van der Waals surface area contributed by atoms with Crippen LogP contribution in [0.5, 0.6) is 0 Å². The Balaban J connectivity index is 0.00000338. The zero-order valence-electron chi connectivity index (χ0n) is 15.1. The molecule has 0 aliphatic carbocycles. The van der Waals surface area contributed by atoms with Crippen LogP contribution in [0.25, 0.3) is 11.1 Å². The lowest BCUT2D eigenvalue weighted by molar-refractivity contribution is -0.130. The van der Waals surface area contributed by atoms with Gasteiger partial charge in [-0.1, -0.05) is 48.5 Å². The Kier molecular flexibility index (Phi) is 8.29. The Morgan fingerprint density at radius 3 is 1.81 bits per heavy atom. The van der Waals surface area contributed by atoms with Crippen molar-refractivity contribution >= 4 is 24.2 Å².